The Kier molecular flexibility index (Phi) is 3.42. The summed E-state index contributed by atoms with van der Waals surface area (Å²) in [4.78, 5) is 15.3. The van der Waals surface area contributed by atoms with Gasteiger partial charge in [0.15, 0.2) is 0 Å². The molecule has 0 unspecified atom stereocenters. The third kappa shape index (κ3) is 2.64. The van der Waals surface area contributed by atoms with Crippen molar-refractivity contribution < 1.29 is 4.79 Å². The standard InChI is InChI=1S/C13H17N3O/c1-10-15-12-6-3-4-7-13(12)16(10)9-5-8-14-11(2)17/h3-4,6-7H,5,8-9H2,1-2H3,(H,14,17). The Labute approximate surface area is 101 Å². The first-order valence-electron chi connectivity index (χ1n) is 5.85. The number of fused-ring (bicyclic) bond motifs is 1. The van der Waals surface area contributed by atoms with Gasteiger partial charge in [-0.15, -0.1) is 0 Å². The molecule has 0 saturated heterocycles. The van der Waals surface area contributed by atoms with Gasteiger partial charge in [-0.1, -0.05) is 12.1 Å². The molecule has 0 atom stereocenters. The van der Waals surface area contributed by atoms with Crippen LogP contribution in [0.5, 0.6) is 0 Å². The van der Waals surface area contributed by atoms with Crippen LogP contribution in [-0.4, -0.2) is 22.0 Å². The van der Waals surface area contributed by atoms with Gasteiger partial charge in [0.2, 0.25) is 5.91 Å². The minimum absolute atomic E-state index is 0.0252. The first kappa shape index (κ1) is 11.6. The van der Waals surface area contributed by atoms with E-state index in [1.165, 1.54) is 6.92 Å². The highest BCUT2D eigenvalue weighted by molar-refractivity contribution is 5.75. The molecule has 1 amide bonds. The minimum atomic E-state index is 0.0252. The maximum atomic E-state index is 10.8. The molecule has 0 aliphatic rings. The number of aromatic nitrogens is 2. The summed E-state index contributed by atoms with van der Waals surface area (Å²) in [7, 11) is 0. The van der Waals surface area contributed by atoms with Crippen LogP contribution in [0.4, 0.5) is 0 Å². The molecule has 0 spiro atoms. The SMILES string of the molecule is CC(=O)NCCCn1c(C)nc2ccccc21. The second kappa shape index (κ2) is 4.99. The van der Waals surface area contributed by atoms with E-state index in [0.717, 1.165) is 29.8 Å². The van der Waals surface area contributed by atoms with Crippen LogP contribution in [0.3, 0.4) is 0 Å². The Morgan fingerprint density at radius 2 is 2.18 bits per heavy atom. The van der Waals surface area contributed by atoms with Crippen LogP contribution in [0.25, 0.3) is 11.0 Å². The van der Waals surface area contributed by atoms with E-state index < -0.39 is 0 Å². The molecule has 17 heavy (non-hydrogen) atoms. The number of hydrogen-bond acceptors (Lipinski definition) is 2. The number of nitrogens with zero attached hydrogens (tertiary/aromatic N) is 2. The van der Waals surface area contributed by atoms with Crippen molar-refractivity contribution in [2.45, 2.75) is 26.8 Å². The highest BCUT2D eigenvalue weighted by atomic mass is 16.1. The third-order valence-corrected chi connectivity index (χ3v) is 2.78. The van der Waals surface area contributed by atoms with E-state index in [2.05, 4.69) is 20.9 Å². The van der Waals surface area contributed by atoms with Gasteiger partial charge in [-0.05, 0) is 25.5 Å². The topological polar surface area (TPSA) is 46.9 Å². The fourth-order valence-corrected chi connectivity index (χ4v) is 1.98. The monoisotopic (exact) mass is 231 g/mol. The molecular weight excluding hydrogens is 214 g/mol. The van der Waals surface area contributed by atoms with Crippen molar-refractivity contribution in [3.63, 3.8) is 0 Å². The van der Waals surface area contributed by atoms with Crippen LogP contribution in [-0.2, 0) is 11.3 Å². The second-order valence-corrected chi connectivity index (χ2v) is 4.14. The molecule has 0 aliphatic carbocycles. The number of amides is 1. The second-order valence-electron chi connectivity index (χ2n) is 4.14. The van der Waals surface area contributed by atoms with E-state index in [1.807, 2.05) is 25.1 Å². The number of imidazole rings is 1. The average molecular weight is 231 g/mol. The van der Waals surface area contributed by atoms with Gasteiger partial charge in [0.25, 0.3) is 0 Å². The van der Waals surface area contributed by atoms with Crippen molar-refractivity contribution >= 4 is 16.9 Å². The summed E-state index contributed by atoms with van der Waals surface area (Å²) < 4.78 is 2.19. The summed E-state index contributed by atoms with van der Waals surface area (Å²) in [5.74, 6) is 1.05. The number of carbonyl (C=O) groups excluding carboxylic acids is 1. The van der Waals surface area contributed by atoms with E-state index in [0.29, 0.717) is 6.54 Å². The molecule has 1 heterocycles. The van der Waals surface area contributed by atoms with E-state index in [9.17, 15) is 4.79 Å². The van der Waals surface area contributed by atoms with Crippen molar-refractivity contribution in [1.82, 2.24) is 14.9 Å². The third-order valence-electron chi connectivity index (χ3n) is 2.78. The Morgan fingerprint density at radius 3 is 2.94 bits per heavy atom. The fraction of sp³-hybridized carbons (Fsp3) is 0.385. The molecule has 2 aromatic rings. The average Bonchev–Trinajstić information content (AvgIpc) is 2.60. The lowest BCUT2D eigenvalue weighted by atomic mass is 10.3. The van der Waals surface area contributed by atoms with E-state index in [4.69, 9.17) is 0 Å². The maximum Gasteiger partial charge on any atom is 0.216 e. The van der Waals surface area contributed by atoms with Gasteiger partial charge < -0.3 is 9.88 Å². The zero-order valence-electron chi connectivity index (χ0n) is 10.2. The first-order chi connectivity index (χ1) is 8.18. The molecule has 4 heteroatoms. The molecule has 0 saturated carbocycles. The minimum Gasteiger partial charge on any atom is -0.356 e. The normalized spacial score (nSPS) is 10.7. The van der Waals surface area contributed by atoms with Crippen LogP contribution in [0.15, 0.2) is 24.3 Å². The quantitative estimate of drug-likeness (QED) is 0.816. The predicted octanol–water partition coefficient (Wildman–Crippen LogP) is 1.87. The summed E-state index contributed by atoms with van der Waals surface area (Å²) in [6.07, 6.45) is 0.917. The van der Waals surface area contributed by atoms with E-state index in [1.54, 1.807) is 0 Å². The zero-order valence-corrected chi connectivity index (χ0v) is 10.2. The van der Waals surface area contributed by atoms with Crippen LogP contribution in [0.1, 0.15) is 19.2 Å². The lowest BCUT2D eigenvalue weighted by Crippen LogP contribution is -2.22. The molecule has 2 rings (SSSR count). The summed E-state index contributed by atoms with van der Waals surface area (Å²) in [5, 5.41) is 2.80. The Bertz CT molecular complexity index is 530. The molecule has 0 radical (unpaired) electrons. The summed E-state index contributed by atoms with van der Waals surface area (Å²) in [5.41, 5.74) is 2.19. The molecule has 1 aromatic heterocycles. The highest BCUT2D eigenvalue weighted by Crippen LogP contribution is 2.15. The molecule has 1 N–H and O–H groups in total. The Balaban J connectivity index is 2.07. The van der Waals surface area contributed by atoms with Crippen LogP contribution in [0.2, 0.25) is 0 Å². The molecule has 4 nitrogen and oxygen atoms in total. The van der Waals surface area contributed by atoms with Crippen molar-refractivity contribution in [2.75, 3.05) is 6.54 Å². The van der Waals surface area contributed by atoms with Gasteiger partial charge in [-0.25, -0.2) is 4.98 Å². The predicted molar refractivity (Wildman–Crippen MR) is 67.8 cm³/mol. The van der Waals surface area contributed by atoms with E-state index in [-0.39, 0.29) is 5.91 Å². The van der Waals surface area contributed by atoms with Crippen molar-refractivity contribution in [3.8, 4) is 0 Å². The largest absolute Gasteiger partial charge is 0.356 e. The zero-order chi connectivity index (χ0) is 12.3. The van der Waals surface area contributed by atoms with Gasteiger partial charge in [-0.2, -0.15) is 0 Å². The molecular formula is C13H17N3O. The van der Waals surface area contributed by atoms with Gasteiger partial charge in [-0.3, -0.25) is 4.79 Å². The Morgan fingerprint density at radius 1 is 1.41 bits per heavy atom. The number of carbonyl (C=O) groups is 1. The smallest absolute Gasteiger partial charge is 0.216 e. The number of para-hydroxylation sites is 2. The number of rotatable bonds is 4. The van der Waals surface area contributed by atoms with Crippen LogP contribution < -0.4 is 5.32 Å². The lowest BCUT2D eigenvalue weighted by molar-refractivity contribution is -0.118. The highest BCUT2D eigenvalue weighted by Gasteiger charge is 2.05. The Hall–Kier alpha value is -1.84. The molecule has 0 fully saturated rings. The molecule has 0 bridgehead atoms. The number of benzene rings is 1. The first-order valence-corrected chi connectivity index (χ1v) is 5.85. The number of hydrogen-bond donors (Lipinski definition) is 1. The molecule has 90 valence electrons. The summed E-state index contributed by atoms with van der Waals surface area (Å²) >= 11 is 0. The molecule has 1 aromatic carbocycles. The summed E-state index contributed by atoms with van der Waals surface area (Å²) in [6.45, 7) is 5.14. The van der Waals surface area contributed by atoms with Gasteiger partial charge in [0.1, 0.15) is 5.82 Å². The van der Waals surface area contributed by atoms with Gasteiger partial charge in [0.05, 0.1) is 11.0 Å². The van der Waals surface area contributed by atoms with E-state index >= 15 is 0 Å². The van der Waals surface area contributed by atoms with Crippen LogP contribution >= 0.6 is 0 Å². The van der Waals surface area contributed by atoms with Crippen molar-refractivity contribution in [3.05, 3.63) is 30.1 Å². The number of aryl methyl sites for hydroxylation is 2. The lowest BCUT2D eigenvalue weighted by Gasteiger charge is -2.07. The van der Waals surface area contributed by atoms with Crippen molar-refractivity contribution in [2.24, 2.45) is 0 Å². The summed E-state index contributed by atoms with van der Waals surface area (Å²) in [6, 6.07) is 8.12. The number of nitrogens with one attached hydrogen (secondary N) is 1. The van der Waals surface area contributed by atoms with Gasteiger partial charge >= 0.3 is 0 Å². The van der Waals surface area contributed by atoms with Gasteiger partial charge in [0, 0.05) is 20.0 Å². The molecule has 0 aliphatic heterocycles. The van der Waals surface area contributed by atoms with Crippen LogP contribution in [0, 0.1) is 6.92 Å². The maximum absolute atomic E-state index is 10.8. The van der Waals surface area contributed by atoms with Crippen molar-refractivity contribution in [1.29, 1.82) is 0 Å². The fourth-order valence-electron chi connectivity index (χ4n) is 1.98.